The summed E-state index contributed by atoms with van der Waals surface area (Å²) in [6.45, 7) is 0.733. The van der Waals surface area contributed by atoms with Gasteiger partial charge < -0.3 is 9.13 Å². The topological polar surface area (TPSA) is 48.5 Å². The van der Waals surface area contributed by atoms with Gasteiger partial charge in [0, 0.05) is 42.4 Å². The number of aromatic nitrogens is 5. The average molecular weight is 324 g/mol. The zero-order valence-electron chi connectivity index (χ0n) is 12.5. The summed E-state index contributed by atoms with van der Waals surface area (Å²) in [6, 6.07) is 7.82. The minimum Gasteiger partial charge on any atom is -0.333 e. The van der Waals surface area contributed by atoms with Crippen LogP contribution in [-0.4, -0.2) is 24.1 Å². The van der Waals surface area contributed by atoms with Crippen molar-refractivity contribution in [1.29, 1.82) is 0 Å². The van der Waals surface area contributed by atoms with Crippen LogP contribution in [0.2, 0.25) is 5.02 Å². The lowest BCUT2D eigenvalue weighted by Crippen LogP contribution is -1.99. The van der Waals surface area contributed by atoms with Crippen molar-refractivity contribution in [1.82, 2.24) is 24.1 Å². The molecule has 0 N–H and O–H groups in total. The van der Waals surface area contributed by atoms with Crippen LogP contribution in [0.5, 0.6) is 0 Å². The quantitative estimate of drug-likeness (QED) is 0.579. The molecule has 23 heavy (non-hydrogen) atoms. The first-order chi connectivity index (χ1) is 11.2. The van der Waals surface area contributed by atoms with Crippen LogP contribution in [0, 0.1) is 0 Å². The summed E-state index contributed by atoms with van der Waals surface area (Å²) >= 11 is 6.09. The Labute approximate surface area is 138 Å². The van der Waals surface area contributed by atoms with Gasteiger partial charge in [-0.1, -0.05) is 11.6 Å². The lowest BCUT2D eigenvalue weighted by Gasteiger charge is -2.06. The summed E-state index contributed by atoms with van der Waals surface area (Å²) < 4.78 is 4.05. The van der Waals surface area contributed by atoms with Crippen LogP contribution in [0.1, 0.15) is 5.56 Å². The molecule has 0 aliphatic rings. The van der Waals surface area contributed by atoms with E-state index in [2.05, 4.69) is 16.0 Å². The number of halogens is 1. The summed E-state index contributed by atoms with van der Waals surface area (Å²) in [4.78, 5) is 13.1. The van der Waals surface area contributed by atoms with Gasteiger partial charge in [-0.25, -0.2) is 9.97 Å². The lowest BCUT2D eigenvalue weighted by atomic mass is 10.2. The zero-order valence-corrected chi connectivity index (χ0v) is 13.3. The highest BCUT2D eigenvalue weighted by atomic mass is 35.5. The largest absolute Gasteiger partial charge is 0.333 e. The fourth-order valence-electron chi connectivity index (χ4n) is 2.71. The highest BCUT2D eigenvalue weighted by Crippen LogP contribution is 2.26. The van der Waals surface area contributed by atoms with Crippen LogP contribution >= 0.6 is 11.6 Å². The van der Waals surface area contributed by atoms with E-state index in [-0.39, 0.29) is 0 Å². The van der Waals surface area contributed by atoms with Crippen molar-refractivity contribution in [3.63, 3.8) is 0 Å². The first kappa shape index (κ1) is 14.0. The van der Waals surface area contributed by atoms with Gasteiger partial charge in [-0.05, 0) is 29.8 Å². The van der Waals surface area contributed by atoms with Gasteiger partial charge >= 0.3 is 0 Å². The molecule has 0 aliphatic carbocycles. The predicted octanol–water partition coefficient (Wildman–Crippen LogP) is 3.53. The second-order valence-electron chi connectivity index (χ2n) is 5.44. The number of fused-ring (bicyclic) bond motifs is 1. The van der Waals surface area contributed by atoms with Gasteiger partial charge in [-0.2, -0.15) is 0 Å². The maximum atomic E-state index is 6.09. The van der Waals surface area contributed by atoms with E-state index in [1.165, 1.54) is 0 Å². The summed E-state index contributed by atoms with van der Waals surface area (Å²) in [5.41, 5.74) is 4.02. The molecule has 3 aromatic heterocycles. The molecule has 0 saturated heterocycles. The van der Waals surface area contributed by atoms with E-state index in [1.54, 1.807) is 12.5 Å². The van der Waals surface area contributed by atoms with Crippen LogP contribution in [0.25, 0.3) is 22.4 Å². The molecule has 0 bridgehead atoms. The number of nitrogens with zero attached hydrogens (tertiary/aromatic N) is 5. The molecule has 5 nitrogen and oxygen atoms in total. The second-order valence-corrected chi connectivity index (χ2v) is 5.88. The average Bonchev–Trinajstić information content (AvgIpc) is 3.16. The van der Waals surface area contributed by atoms with Crippen molar-refractivity contribution in [2.75, 3.05) is 0 Å². The highest BCUT2D eigenvalue weighted by molar-refractivity contribution is 6.31. The Kier molecular flexibility index (Phi) is 3.35. The molecule has 3 heterocycles. The number of aryl methyl sites for hydroxylation is 1. The lowest BCUT2D eigenvalue weighted by molar-refractivity contribution is 0.793. The Morgan fingerprint density at radius 1 is 1.13 bits per heavy atom. The van der Waals surface area contributed by atoms with Crippen LogP contribution in [0.15, 0.2) is 55.4 Å². The van der Waals surface area contributed by atoms with Crippen molar-refractivity contribution < 1.29 is 0 Å². The molecule has 1 aromatic carbocycles. The molecule has 0 atom stereocenters. The van der Waals surface area contributed by atoms with Gasteiger partial charge in [0.25, 0.3) is 0 Å². The fraction of sp³-hybridized carbons (Fsp3) is 0.118. The molecule has 4 rings (SSSR count). The van der Waals surface area contributed by atoms with Gasteiger partial charge in [-0.3, -0.25) is 4.98 Å². The molecule has 4 aromatic rings. The van der Waals surface area contributed by atoms with E-state index in [1.807, 2.05) is 53.0 Å². The number of benzene rings is 1. The Balaban J connectivity index is 1.77. The number of pyridine rings is 1. The summed E-state index contributed by atoms with van der Waals surface area (Å²) in [5.74, 6) is 0.877. The third-order valence-corrected chi connectivity index (χ3v) is 4.06. The van der Waals surface area contributed by atoms with Crippen molar-refractivity contribution in [2.24, 2.45) is 7.05 Å². The molecular formula is C17H14ClN5. The number of imidazole rings is 2. The van der Waals surface area contributed by atoms with E-state index >= 15 is 0 Å². The Morgan fingerprint density at radius 3 is 2.87 bits per heavy atom. The first-order valence-electron chi connectivity index (χ1n) is 7.23. The van der Waals surface area contributed by atoms with E-state index in [0.29, 0.717) is 5.02 Å². The van der Waals surface area contributed by atoms with Gasteiger partial charge in [-0.15, -0.1) is 0 Å². The van der Waals surface area contributed by atoms with E-state index in [9.17, 15) is 0 Å². The predicted molar refractivity (Wildman–Crippen MR) is 90.3 cm³/mol. The Hall–Kier alpha value is -2.66. The smallest absolute Gasteiger partial charge is 0.142 e. The number of hydrogen-bond acceptors (Lipinski definition) is 3. The monoisotopic (exact) mass is 323 g/mol. The molecule has 0 saturated carbocycles. The van der Waals surface area contributed by atoms with Crippen LogP contribution in [-0.2, 0) is 13.6 Å². The number of hydrogen-bond donors (Lipinski definition) is 0. The highest BCUT2D eigenvalue weighted by Gasteiger charge is 2.11. The van der Waals surface area contributed by atoms with E-state index in [0.717, 1.165) is 34.5 Å². The molecule has 0 fully saturated rings. The maximum absolute atomic E-state index is 6.09. The third kappa shape index (κ3) is 2.59. The molecule has 0 radical (unpaired) electrons. The molecule has 0 aliphatic heterocycles. The second kappa shape index (κ2) is 5.52. The molecule has 6 heteroatoms. The first-order valence-corrected chi connectivity index (χ1v) is 7.60. The van der Waals surface area contributed by atoms with Gasteiger partial charge in [0.05, 0.1) is 23.9 Å². The third-order valence-electron chi connectivity index (χ3n) is 3.82. The van der Waals surface area contributed by atoms with Crippen molar-refractivity contribution >= 4 is 22.6 Å². The molecule has 0 unspecified atom stereocenters. The zero-order chi connectivity index (χ0) is 15.8. The SMILES string of the molecule is Cn1c(-c2cncc(Cn3ccnc3)c2)nc2ccc(Cl)cc21. The van der Waals surface area contributed by atoms with E-state index < -0.39 is 0 Å². The van der Waals surface area contributed by atoms with Gasteiger partial charge in [0.1, 0.15) is 5.82 Å². The Bertz CT molecular complexity index is 972. The summed E-state index contributed by atoms with van der Waals surface area (Å²) in [5, 5.41) is 0.707. The van der Waals surface area contributed by atoms with E-state index in [4.69, 9.17) is 16.6 Å². The van der Waals surface area contributed by atoms with Crippen LogP contribution < -0.4 is 0 Å². The van der Waals surface area contributed by atoms with Crippen molar-refractivity contribution in [3.8, 4) is 11.4 Å². The fourth-order valence-corrected chi connectivity index (χ4v) is 2.87. The normalized spacial score (nSPS) is 11.2. The minimum atomic E-state index is 0.707. The molecule has 114 valence electrons. The molecule has 0 amide bonds. The van der Waals surface area contributed by atoms with Crippen molar-refractivity contribution in [3.05, 3.63) is 66.0 Å². The summed E-state index contributed by atoms with van der Waals surface area (Å²) in [6.07, 6.45) is 9.20. The maximum Gasteiger partial charge on any atom is 0.142 e. The minimum absolute atomic E-state index is 0.707. The molecule has 0 spiro atoms. The standard InChI is InChI=1S/C17H14ClN5/c1-22-16-7-14(18)2-3-15(16)21-17(22)13-6-12(8-20-9-13)10-23-5-4-19-11-23/h2-9,11H,10H2,1H3. The van der Waals surface area contributed by atoms with Crippen LogP contribution in [0.4, 0.5) is 0 Å². The summed E-state index contributed by atoms with van der Waals surface area (Å²) in [7, 11) is 1.99. The van der Waals surface area contributed by atoms with Crippen molar-refractivity contribution in [2.45, 2.75) is 6.54 Å². The Morgan fingerprint density at radius 2 is 2.04 bits per heavy atom. The van der Waals surface area contributed by atoms with Gasteiger partial charge in [0.15, 0.2) is 0 Å². The van der Waals surface area contributed by atoms with Gasteiger partial charge in [0.2, 0.25) is 0 Å². The van der Waals surface area contributed by atoms with Crippen LogP contribution in [0.3, 0.4) is 0 Å². The molecular weight excluding hydrogens is 310 g/mol. The number of rotatable bonds is 3.